The maximum absolute atomic E-state index is 3.55. The highest BCUT2D eigenvalue weighted by molar-refractivity contribution is 9.39. The minimum Gasteiger partial charge on any atom is -0.0638 e. The van der Waals surface area contributed by atoms with Crippen molar-refractivity contribution < 1.29 is 0 Å². The minimum absolute atomic E-state index is 0.0270. The second kappa shape index (κ2) is 17.5. The van der Waals surface area contributed by atoms with Crippen LogP contribution in [-0.4, -0.2) is 12.4 Å². The van der Waals surface area contributed by atoms with Gasteiger partial charge in [0.05, 0.1) is 0 Å². The Bertz CT molecular complexity index is 217. The first-order chi connectivity index (χ1) is 10.6. The molecule has 0 unspecified atom stereocenters. The molecule has 0 rings (SSSR count). The van der Waals surface area contributed by atoms with Gasteiger partial charge in [0, 0.05) is 10.2 Å². The van der Waals surface area contributed by atoms with Gasteiger partial charge in [0.15, 0.2) is 0 Å². The summed E-state index contributed by atoms with van der Waals surface area (Å²) in [5, 5.41) is 0. The van der Waals surface area contributed by atoms with Gasteiger partial charge < -0.3 is 0 Å². The topological polar surface area (TPSA) is 0 Å². The van der Waals surface area contributed by atoms with Crippen LogP contribution in [0.4, 0.5) is 0 Å². The van der Waals surface area contributed by atoms with Crippen molar-refractivity contribution in [1.82, 2.24) is 0 Å². The van der Waals surface area contributed by atoms with Gasteiger partial charge in [0.2, 0.25) is 0 Å². The zero-order valence-corrected chi connectivity index (χ0v) is 19.9. The third-order valence-corrected chi connectivity index (χ3v) is 5.68. The van der Waals surface area contributed by atoms with Gasteiger partial charge >= 0.3 is 0 Å². The van der Waals surface area contributed by atoms with E-state index in [1.807, 2.05) is 0 Å². The fraction of sp³-hybridized carbons (Fsp3) is 1.00. The molecule has 0 amide bonds. The van der Waals surface area contributed by atoms with E-state index >= 15 is 0 Å². The summed E-state index contributed by atoms with van der Waals surface area (Å²) in [5.74, 6) is 0. The Morgan fingerprint density at radius 3 is 1.00 bits per heavy atom. The number of hydrogen-bond donors (Lipinski definition) is 0. The Kier molecular flexibility index (Phi) is 18.8. The highest BCUT2D eigenvalue weighted by atomic mass is 80.0. The summed E-state index contributed by atoms with van der Waals surface area (Å²) < 4.78 is -0.0270. The summed E-state index contributed by atoms with van der Waals surface area (Å²) in [5.41, 5.74) is 0. The lowest BCUT2D eigenvalue weighted by Crippen LogP contribution is -1.98. The van der Waals surface area contributed by atoms with Gasteiger partial charge in [0.1, 0.15) is 2.14 Å². The van der Waals surface area contributed by atoms with Crippen LogP contribution in [0.3, 0.4) is 0 Å². The first-order valence-electron chi connectivity index (χ1n) is 9.27. The monoisotopic (exact) mass is 515 g/mol. The van der Waals surface area contributed by atoms with Crippen LogP contribution in [0.1, 0.15) is 103 Å². The van der Waals surface area contributed by atoms with Crippen LogP contribution in [0.2, 0.25) is 6.04 Å². The molecule has 0 aliphatic carbocycles. The van der Waals surface area contributed by atoms with Gasteiger partial charge in [-0.3, -0.25) is 0 Å². The molecule has 0 bridgehead atoms. The molecule has 131 valence electrons. The number of halogens is 3. The van der Waals surface area contributed by atoms with E-state index in [1.54, 1.807) is 0 Å². The van der Waals surface area contributed by atoms with E-state index in [1.165, 1.54) is 102 Å². The van der Waals surface area contributed by atoms with E-state index in [0.29, 0.717) is 0 Å². The summed E-state index contributed by atoms with van der Waals surface area (Å²) in [4.78, 5) is 0. The van der Waals surface area contributed by atoms with E-state index < -0.39 is 0 Å². The lowest BCUT2D eigenvalue weighted by atomic mass is 10.0. The number of unbranched alkanes of at least 4 members (excludes halogenated alkanes) is 14. The van der Waals surface area contributed by atoms with Crippen LogP contribution in [0, 0.1) is 0 Å². The summed E-state index contributed by atoms with van der Waals surface area (Å²) in [6.07, 6.45) is 22.4. The van der Waals surface area contributed by atoms with E-state index in [4.69, 9.17) is 0 Å². The molecule has 0 aromatic rings. The van der Waals surface area contributed by atoms with Crippen molar-refractivity contribution in [3.8, 4) is 0 Å². The van der Waals surface area contributed by atoms with Gasteiger partial charge in [0.25, 0.3) is 0 Å². The molecule has 0 nitrogen and oxygen atoms in total. The van der Waals surface area contributed by atoms with Crippen molar-refractivity contribution in [2.45, 2.75) is 111 Å². The highest BCUT2D eigenvalue weighted by Crippen LogP contribution is 2.38. The summed E-state index contributed by atoms with van der Waals surface area (Å²) in [6, 6.07) is 1.17. The molecule has 0 saturated carbocycles. The molecular weight excluding hydrogens is 484 g/mol. The lowest BCUT2D eigenvalue weighted by molar-refractivity contribution is 0.531. The molecule has 0 aromatic heterocycles. The second-order valence-corrected chi connectivity index (χ2v) is 14.2. The predicted molar refractivity (Wildman–Crippen MR) is 114 cm³/mol. The zero-order valence-electron chi connectivity index (χ0n) is 14.2. The molecule has 0 aromatic carbocycles. The van der Waals surface area contributed by atoms with Gasteiger partial charge in [-0.05, 0) is 6.42 Å². The summed E-state index contributed by atoms with van der Waals surface area (Å²) in [6.45, 7) is 0. The third-order valence-electron chi connectivity index (χ3n) is 4.14. The molecule has 0 saturated heterocycles. The molecule has 0 heterocycles. The van der Waals surface area contributed by atoms with E-state index in [2.05, 4.69) is 58.0 Å². The van der Waals surface area contributed by atoms with Crippen molar-refractivity contribution in [2.24, 2.45) is 0 Å². The van der Waals surface area contributed by atoms with Crippen LogP contribution < -0.4 is 0 Å². The Morgan fingerprint density at radius 1 is 0.455 bits per heavy atom. The Balaban J connectivity index is 3.00. The van der Waals surface area contributed by atoms with Crippen LogP contribution in [0.15, 0.2) is 0 Å². The average Bonchev–Trinajstić information content (AvgIpc) is 2.45. The Morgan fingerprint density at radius 2 is 0.727 bits per heavy atom. The van der Waals surface area contributed by atoms with E-state index in [-0.39, 0.29) is 2.14 Å². The van der Waals surface area contributed by atoms with E-state index in [0.717, 1.165) is 6.42 Å². The SMILES string of the molecule is [Si]CCCCCCCCCCCCCCCCCC(Br)(Br)Br. The summed E-state index contributed by atoms with van der Waals surface area (Å²) in [7, 11) is 3.54. The highest BCUT2D eigenvalue weighted by Gasteiger charge is 2.15. The largest absolute Gasteiger partial charge is 0.135 e. The molecule has 0 aliphatic rings. The molecular formula is C18H34Br3Si. The fourth-order valence-electron chi connectivity index (χ4n) is 2.75. The fourth-order valence-corrected chi connectivity index (χ4v) is 3.84. The predicted octanol–water partition coefficient (Wildman–Crippen LogP) is 8.65. The molecule has 0 aliphatic heterocycles. The maximum atomic E-state index is 3.55. The van der Waals surface area contributed by atoms with Crippen molar-refractivity contribution in [3.63, 3.8) is 0 Å². The number of alkyl halides is 3. The van der Waals surface area contributed by atoms with Gasteiger partial charge in [-0.25, -0.2) is 0 Å². The van der Waals surface area contributed by atoms with E-state index in [9.17, 15) is 0 Å². The van der Waals surface area contributed by atoms with Crippen LogP contribution in [0.5, 0.6) is 0 Å². The quantitative estimate of drug-likeness (QED) is 0.109. The lowest BCUT2D eigenvalue weighted by Gasteiger charge is -2.10. The molecule has 0 N–H and O–H groups in total. The Labute approximate surface area is 168 Å². The minimum atomic E-state index is -0.0270. The zero-order chi connectivity index (χ0) is 16.5. The van der Waals surface area contributed by atoms with Crippen molar-refractivity contribution in [3.05, 3.63) is 0 Å². The molecule has 22 heavy (non-hydrogen) atoms. The smallest absolute Gasteiger partial charge is 0.0638 e. The van der Waals surface area contributed by atoms with Gasteiger partial charge in [-0.15, -0.1) is 0 Å². The third kappa shape index (κ3) is 21.7. The standard InChI is InChI=1S/C18H34Br3Si/c19-18(20,21)16-14-12-10-8-6-4-2-1-3-5-7-9-11-13-15-17-22/h1-17H2. The van der Waals surface area contributed by atoms with Gasteiger partial charge in [-0.1, -0.05) is 150 Å². The van der Waals surface area contributed by atoms with Crippen LogP contribution in [-0.2, 0) is 0 Å². The summed E-state index contributed by atoms with van der Waals surface area (Å²) >= 11 is 10.7. The first kappa shape index (κ1) is 23.7. The molecule has 4 heteroatoms. The second-order valence-electron chi connectivity index (χ2n) is 6.42. The van der Waals surface area contributed by atoms with Crippen molar-refractivity contribution >= 4 is 58.0 Å². The first-order valence-corrected chi connectivity index (χ1v) is 12.4. The molecule has 0 atom stereocenters. The molecule has 0 spiro atoms. The maximum Gasteiger partial charge on any atom is 0.135 e. The van der Waals surface area contributed by atoms with Crippen molar-refractivity contribution in [1.29, 1.82) is 0 Å². The van der Waals surface area contributed by atoms with Crippen molar-refractivity contribution in [2.75, 3.05) is 0 Å². The average molecular weight is 518 g/mol. The number of hydrogen-bond acceptors (Lipinski definition) is 0. The van der Waals surface area contributed by atoms with Crippen LogP contribution >= 0.6 is 47.8 Å². The number of rotatable bonds is 16. The molecule has 0 fully saturated rings. The normalized spacial score (nSPS) is 12.0. The van der Waals surface area contributed by atoms with Crippen LogP contribution in [0.25, 0.3) is 0 Å². The van der Waals surface area contributed by atoms with Gasteiger partial charge in [-0.2, -0.15) is 0 Å². The molecule has 3 radical (unpaired) electrons. The Hall–Kier alpha value is 1.66.